The first-order chi connectivity index (χ1) is 9.26. The van der Waals surface area contributed by atoms with Crippen molar-refractivity contribution in [3.63, 3.8) is 0 Å². The van der Waals surface area contributed by atoms with Crippen LogP contribution in [0.4, 0.5) is 0 Å². The number of likely N-dealkylation sites (N-methyl/N-ethyl adjacent to an activating group) is 1. The van der Waals surface area contributed by atoms with Gasteiger partial charge in [0.1, 0.15) is 5.54 Å². The first-order valence-electron chi connectivity index (χ1n) is 6.81. The molecule has 0 saturated heterocycles. The zero-order valence-corrected chi connectivity index (χ0v) is 12.6. The molecule has 1 unspecified atom stereocenters. The fourth-order valence-corrected chi connectivity index (χ4v) is 1.91. The maximum Gasteiger partial charge on any atom is 0.329 e. The van der Waals surface area contributed by atoms with E-state index in [1.165, 1.54) is 24.3 Å². The van der Waals surface area contributed by atoms with E-state index in [2.05, 4.69) is 6.92 Å². The molecule has 0 aromatic heterocycles. The van der Waals surface area contributed by atoms with Gasteiger partial charge in [-0.25, -0.2) is 4.79 Å². The number of hydrogen-bond donors (Lipinski definition) is 1. The Morgan fingerprint density at radius 2 is 1.80 bits per heavy atom. The molecule has 0 bridgehead atoms. The van der Waals surface area contributed by atoms with Crippen LogP contribution in [0.2, 0.25) is 0 Å². The number of hydrogen-bond acceptors (Lipinski definition) is 2. The van der Waals surface area contributed by atoms with Crippen molar-refractivity contribution in [2.45, 2.75) is 45.1 Å². The number of benzene rings is 1. The van der Waals surface area contributed by atoms with Gasteiger partial charge in [0, 0.05) is 13.5 Å². The third-order valence-corrected chi connectivity index (χ3v) is 3.90. The van der Waals surface area contributed by atoms with Crippen LogP contribution in [0.3, 0.4) is 0 Å². The maximum atomic E-state index is 12.1. The zero-order valence-electron chi connectivity index (χ0n) is 12.6. The largest absolute Gasteiger partial charge is 0.480 e. The maximum absolute atomic E-state index is 12.1. The monoisotopic (exact) mass is 277 g/mol. The summed E-state index contributed by atoms with van der Waals surface area (Å²) in [5, 5.41) is 9.12. The number of carboxylic acid groups (broad SMARTS) is 1. The molecule has 1 N–H and O–H groups in total. The predicted molar refractivity (Wildman–Crippen MR) is 78.6 cm³/mol. The van der Waals surface area contributed by atoms with Gasteiger partial charge in [-0.3, -0.25) is 4.79 Å². The van der Waals surface area contributed by atoms with Gasteiger partial charge in [0.25, 0.3) is 0 Å². The minimum atomic E-state index is -1.17. The highest BCUT2D eigenvalue weighted by atomic mass is 16.4. The van der Waals surface area contributed by atoms with Crippen molar-refractivity contribution in [2.75, 3.05) is 7.05 Å². The molecule has 0 spiro atoms. The van der Waals surface area contributed by atoms with Crippen LogP contribution in [0.5, 0.6) is 0 Å². The Kier molecular flexibility index (Phi) is 5.31. The molecule has 4 heteroatoms. The van der Waals surface area contributed by atoms with Gasteiger partial charge in [-0.1, -0.05) is 37.3 Å². The lowest BCUT2D eigenvalue weighted by molar-refractivity contribution is -0.155. The lowest BCUT2D eigenvalue weighted by Gasteiger charge is -2.31. The van der Waals surface area contributed by atoms with Crippen molar-refractivity contribution in [3.05, 3.63) is 35.9 Å². The van der Waals surface area contributed by atoms with Gasteiger partial charge in [0.05, 0.1) is 0 Å². The third kappa shape index (κ3) is 3.83. The lowest BCUT2D eigenvalue weighted by atomic mass is 9.95. The van der Waals surface area contributed by atoms with E-state index in [0.29, 0.717) is 12.8 Å². The fraction of sp³-hybridized carbons (Fsp3) is 0.500. The van der Waals surface area contributed by atoms with Gasteiger partial charge < -0.3 is 10.0 Å². The molecule has 0 aliphatic carbocycles. The van der Waals surface area contributed by atoms with Crippen LogP contribution in [0.15, 0.2) is 30.3 Å². The summed E-state index contributed by atoms with van der Waals surface area (Å²) in [6, 6.07) is 10.0. The Morgan fingerprint density at radius 1 is 1.25 bits per heavy atom. The number of nitrogens with zero attached hydrogens (tertiary/aromatic N) is 1. The number of amides is 1. The normalized spacial score (nSPS) is 12.8. The molecule has 0 aliphatic rings. The Balaban J connectivity index is 2.58. The quantitative estimate of drug-likeness (QED) is 0.869. The highest BCUT2D eigenvalue weighted by molar-refractivity contribution is 5.86. The number of carbonyl (C=O) groups excluding carboxylic acids is 1. The van der Waals surface area contributed by atoms with E-state index < -0.39 is 11.5 Å². The number of rotatable bonds is 6. The molecule has 1 aromatic rings. The van der Waals surface area contributed by atoms with E-state index in [1.807, 2.05) is 30.3 Å². The molecule has 0 saturated carbocycles. The summed E-state index contributed by atoms with van der Waals surface area (Å²) >= 11 is 0. The van der Waals surface area contributed by atoms with E-state index in [-0.39, 0.29) is 11.8 Å². The van der Waals surface area contributed by atoms with Gasteiger partial charge in [0.2, 0.25) is 5.91 Å². The molecule has 110 valence electrons. The molecule has 1 amide bonds. The Morgan fingerprint density at radius 3 is 2.30 bits per heavy atom. The van der Waals surface area contributed by atoms with Crippen LogP contribution < -0.4 is 0 Å². The predicted octanol–water partition coefficient (Wildman–Crippen LogP) is 2.89. The Bertz CT molecular complexity index is 468. The second-order valence-corrected chi connectivity index (χ2v) is 5.67. The summed E-state index contributed by atoms with van der Waals surface area (Å²) in [7, 11) is 1.55. The lowest BCUT2D eigenvalue weighted by Crippen LogP contribution is -2.50. The summed E-state index contributed by atoms with van der Waals surface area (Å²) in [6.07, 6.45) is 1.06. The molecule has 0 fully saturated rings. The highest BCUT2D eigenvalue weighted by Crippen LogP contribution is 2.22. The van der Waals surface area contributed by atoms with Crippen molar-refractivity contribution in [2.24, 2.45) is 0 Å². The average molecular weight is 277 g/mol. The number of carbonyl (C=O) groups is 2. The second-order valence-electron chi connectivity index (χ2n) is 5.67. The summed E-state index contributed by atoms with van der Waals surface area (Å²) in [6.45, 7) is 5.15. The van der Waals surface area contributed by atoms with Crippen LogP contribution in [-0.2, 0) is 9.59 Å². The van der Waals surface area contributed by atoms with E-state index >= 15 is 0 Å². The molecule has 1 rings (SSSR count). The summed E-state index contributed by atoms with van der Waals surface area (Å²) in [5.74, 6) is -0.855. The van der Waals surface area contributed by atoms with Crippen molar-refractivity contribution < 1.29 is 14.7 Å². The second kappa shape index (κ2) is 6.55. The minimum Gasteiger partial charge on any atom is -0.480 e. The highest BCUT2D eigenvalue weighted by Gasteiger charge is 2.34. The summed E-state index contributed by atoms with van der Waals surface area (Å²) in [4.78, 5) is 24.5. The van der Waals surface area contributed by atoms with Crippen molar-refractivity contribution in [1.29, 1.82) is 0 Å². The number of carboxylic acids is 1. The standard InChI is InChI=1S/C16H23NO3/c1-12(13-8-6-5-7-9-13)10-11-14(18)17(4)16(2,3)15(19)20/h5-9,12H,10-11H2,1-4H3,(H,19,20). The van der Waals surface area contributed by atoms with E-state index in [0.717, 1.165) is 0 Å². The average Bonchev–Trinajstić information content (AvgIpc) is 2.44. The molecular weight excluding hydrogens is 254 g/mol. The molecule has 4 nitrogen and oxygen atoms in total. The Hall–Kier alpha value is -1.84. The molecule has 0 heterocycles. The fourth-order valence-electron chi connectivity index (χ4n) is 1.91. The van der Waals surface area contributed by atoms with Crippen LogP contribution in [0, 0.1) is 0 Å². The van der Waals surface area contributed by atoms with Crippen LogP contribution in [0.25, 0.3) is 0 Å². The third-order valence-electron chi connectivity index (χ3n) is 3.90. The SMILES string of the molecule is CC(CCC(=O)N(C)C(C)(C)C(=O)O)c1ccccc1. The van der Waals surface area contributed by atoms with Gasteiger partial charge in [0.15, 0.2) is 0 Å². The van der Waals surface area contributed by atoms with E-state index in [1.54, 1.807) is 7.05 Å². The number of aliphatic carboxylic acids is 1. The van der Waals surface area contributed by atoms with Gasteiger partial charge >= 0.3 is 5.97 Å². The van der Waals surface area contributed by atoms with Crippen LogP contribution >= 0.6 is 0 Å². The first-order valence-corrected chi connectivity index (χ1v) is 6.81. The van der Waals surface area contributed by atoms with Crippen LogP contribution in [0.1, 0.15) is 45.1 Å². The smallest absolute Gasteiger partial charge is 0.329 e. The molecular formula is C16H23NO3. The molecule has 1 atom stereocenters. The molecule has 20 heavy (non-hydrogen) atoms. The van der Waals surface area contributed by atoms with Gasteiger partial charge in [-0.2, -0.15) is 0 Å². The van der Waals surface area contributed by atoms with Crippen LogP contribution in [-0.4, -0.2) is 34.5 Å². The molecule has 0 radical (unpaired) electrons. The first kappa shape index (κ1) is 16.2. The van der Waals surface area contributed by atoms with Crippen molar-refractivity contribution in [3.8, 4) is 0 Å². The Labute approximate surface area is 120 Å². The topological polar surface area (TPSA) is 57.6 Å². The van der Waals surface area contributed by atoms with E-state index in [4.69, 9.17) is 5.11 Å². The van der Waals surface area contributed by atoms with Crippen molar-refractivity contribution >= 4 is 11.9 Å². The summed E-state index contributed by atoms with van der Waals surface area (Å²) in [5.41, 5.74) is 0.0213. The van der Waals surface area contributed by atoms with Crippen molar-refractivity contribution in [1.82, 2.24) is 4.90 Å². The zero-order chi connectivity index (χ0) is 15.3. The molecule has 0 aliphatic heterocycles. The van der Waals surface area contributed by atoms with E-state index in [9.17, 15) is 9.59 Å². The van der Waals surface area contributed by atoms with Gasteiger partial charge in [-0.05, 0) is 31.7 Å². The summed E-state index contributed by atoms with van der Waals surface area (Å²) < 4.78 is 0. The molecule has 1 aromatic carbocycles. The minimum absolute atomic E-state index is 0.139. The van der Waals surface area contributed by atoms with Gasteiger partial charge in [-0.15, -0.1) is 0 Å².